The van der Waals surface area contributed by atoms with Gasteiger partial charge in [-0.1, -0.05) is 11.6 Å². The Balaban J connectivity index is 1.97. The fraction of sp³-hybridized carbons (Fsp3) is 0.133. The molecule has 0 unspecified atom stereocenters. The molecule has 2 rings (SSSR count). The minimum atomic E-state index is -0.547. The minimum absolute atomic E-state index is 0.276. The fourth-order valence-corrected chi connectivity index (χ4v) is 2.67. The van der Waals surface area contributed by atoms with Gasteiger partial charge in [-0.05, 0) is 42.1 Å². The molecule has 0 fully saturated rings. The summed E-state index contributed by atoms with van der Waals surface area (Å²) >= 11 is 7.08. The quantitative estimate of drug-likeness (QED) is 0.869. The number of nitriles is 1. The van der Waals surface area contributed by atoms with E-state index in [1.165, 1.54) is 23.5 Å². The molecule has 2 aromatic rings. The molecule has 0 saturated carbocycles. The summed E-state index contributed by atoms with van der Waals surface area (Å²) in [6, 6.07) is 8.25. The standard InChI is InChI=1S/C15H11ClN2O3S/c1-9-4-5-22-14(9)15(20)21-8-13(19)18-12-6-11(16)3-2-10(12)7-17/h2-6H,8H2,1H3,(H,18,19). The van der Waals surface area contributed by atoms with Crippen LogP contribution in [0.4, 0.5) is 5.69 Å². The van der Waals surface area contributed by atoms with Gasteiger partial charge in [-0.3, -0.25) is 4.79 Å². The van der Waals surface area contributed by atoms with Crippen LogP contribution in [0.15, 0.2) is 29.6 Å². The van der Waals surface area contributed by atoms with Gasteiger partial charge in [0.25, 0.3) is 5.91 Å². The summed E-state index contributed by atoms with van der Waals surface area (Å²) in [5.41, 5.74) is 1.36. The normalized spacial score (nSPS) is 9.86. The minimum Gasteiger partial charge on any atom is -0.451 e. The largest absolute Gasteiger partial charge is 0.451 e. The molecule has 0 radical (unpaired) electrons. The fourth-order valence-electron chi connectivity index (χ4n) is 1.68. The number of halogens is 1. The number of benzene rings is 1. The molecule has 1 heterocycles. The Kier molecular flexibility index (Phi) is 5.15. The van der Waals surface area contributed by atoms with Crippen molar-refractivity contribution in [3.8, 4) is 6.07 Å². The van der Waals surface area contributed by atoms with E-state index in [1.54, 1.807) is 24.4 Å². The molecule has 1 N–H and O–H groups in total. The third-order valence-electron chi connectivity index (χ3n) is 2.76. The lowest BCUT2D eigenvalue weighted by Crippen LogP contribution is -2.21. The van der Waals surface area contributed by atoms with E-state index in [2.05, 4.69) is 5.32 Å². The van der Waals surface area contributed by atoms with Crippen LogP contribution in [0.3, 0.4) is 0 Å². The topological polar surface area (TPSA) is 79.2 Å². The van der Waals surface area contributed by atoms with Crippen molar-refractivity contribution >= 4 is 40.5 Å². The van der Waals surface area contributed by atoms with Gasteiger partial charge >= 0.3 is 5.97 Å². The summed E-state index contributed by atoms with van der Waals surface area (Å²) in [6.45, 7) is 1.35. The molecule has 5 nitrogen and oxygen atoms in total. The summed E-state index contributed by atoms with van der Waals surface area (Å²) in [6.07, 6.45) is 0. The number of carbonyl (C=O) groups is 2. The lowest BCUT2D eigenvalue weighted by atomic mass is 10.2. The second kappa shape index (κ2) is 7.07. The Labute approximate surface area is 136 Å². The molecule has 0 aliphatic carbocycles. The molecule has 0 aliphatic rings. The number of carbonyl (C=O) groups excluding carboxylic acids is 2. The van der Waals surface area contributed by atoms with Crippen LogP contribution < -0.4 is 5.32 Å². The van der Waals surface area contributed by atoms with Crippen molar-refractivity contribution in [1.82, 2.24) is 0 Å². The Morgan fingerprint density at radius 1 is 1.41 bits per heavy atom. The number of ether oxygens (including phenoxy) is 1. The van der Waals surface area contributed by atoms with Crippen molar-refractivity contribution in [2.75, 3.05) is 11.9 Å². The zero-order valence-electron chi connectivity index (χ0n) is 11.6. The molecule has 112 valence electrons. The number of thiophene rings is 1. The molecule has 0 bridgehead atoms. The van der Waals surface area contributed by atoms with Gasteiger partial charge in [0.15, 0.2) is 6.61 Å². The molecular weight excluding hydrogens is 324 g/mol. The van der Waals surface area contributed by atoms with E-state index in [-0.39, 0.29) is 11.3 Å². The van der Waals surface area contributed by atoms with Crippen molar-refractivity contribution in [2.45, 2.75) is 6.92 Å². The molecule has 1 aromatic heterocycles. The van der Waals surface area contributed by atoms with Crippen LogP contribution in [0, 0.1) is 18.3 Å². The summed E-state index contributed by atoms with van der Waals surface area (Å²) < 4.78 is 4.95. The van der Waals surface area contributed by atoms with Gasteiger partial charge in [-0.15, -0.1) is 11.3 Å². The summed E-state index contributed by atoms with van der Waals surface area (Å²) in [5, 5.41) is 13.6. The lowest BCUT2D eigenvalue weighted by Gasteiger charge is -2.08. The molecule has 0 aliphatic heterocycles. The van der Waals surface area contributed by atoms with Crippen molar-refractivity contribution in [2.24, 2.45) is 0 Å². The molecule has 7 heteroatoms. The number of anilines is 1. The van der Waals surface area contributed by atoms with E-state index >= 15 is 0 Å². The highest BCUT2D eigenvalue weighted by molar-refractivity contribution is 7.12. The zero-order valence-corrected chi connectivity index (χ0v) is 13.1. The molecule has 1 amide bonds. The van der Waals surface area contributed by atoms with E-state index in [1.807, 2.05) is 6.07 Å². The third kappa shape index (κ3) is 3.85. The van der Waals surface area contributed by atoms with Gasteiger partial charge in [0, 0.05) is 5.02 Å². The molecule has 1 aromatic carbocycles. The van der Waals surface area contributed by atoms with Crippen LogP contribution in [0.25, 0.3) is 0 Å². The number of rotatable bonds is 4. The summed E-state index contributed by atoms with van der Waals surface area (Å²) in [7, 11) is 0. The van der Waals surface area contributed by atoms with Gasteiger partial charge in [0.05, 0.1) is 11.3 Å². The first kappa shape index (κ1) is 16.0. The molecular formula is C15H11ClN2O3S. The molecule has 0 atom stereocenters. The highest BCUT2D eigenvalue weighted by Gasteiger charge is 2.14. The predicted molar refractivity (Wildman–Crippen MR) is 84.1 cm³/mol. The number of esters is 1. The first-order valence-corrected chi connectivity index (χ1v) is 7.47. The van der Waals surface area contributed by atoms with Crippen molar-refractivity contribution in [1.29, 1.82) is 5.26 Å². The van der Waals surface area contributed by atoms with E-state index < -0.39 is 18.5 Å². The van der Waals surface area contributed by atoms with Gasteiger partial charge in [-0.25, -0.2) is 4.79 Å². The number of amides is 1. The molecule has 0 saturated heterocycles. The van der Waals surface area contributed by atoms with Crippen LogP contribution >= 0.6 is 22.9 Å². The number of hydrogen-bond donors (Lipinski definition) is 1. The summed E-state index contributed by atoms with van der Waals surface area (Å²) in [4.78, 5) is 24.1. The van der Waals surface area contributed by atoms with Crippen LogP contribution in [0.1, 0.15) is 20.8 Å². The monoisotopic (exact) mass is 334 g/mol. The highest BCUT2D eigenvalue weighted by atomic mass is 35.5. The van der Waals surface area contributed by atoms with Crippen LogP contribution in [-0.2, 0) is 9.53 Å². The second-order valence-corrected chi connectivity index (χ2v) is 5.71. The van der Waals surface area contributed by atoms with Gasteiger partial charge in [-0.2, -0.15) is 5.26 Å². The first-order valence-electron chi connectivity index (χ1n) is 6.22. The highest BCUT2D eigenvalue weighted by Crippen LogP contribution is 2.20. The average molecular weight is 335 g/mol. The first-order chi connectivity index (χ1) is 10.5. The number of nitrogens with zero attached hydrogens (tertiary/aromatic N) is 1. The maximum absolute atomic E-state index is 11.8. The smallest absolute Gasteiger partial charge is 0.349 e. The third-order valence-corrected chi connectivity index (χ3v) is 3.99. The number of hydrogen-bond acceptors (Lipinski definition) is 5. The second-order valence-electron chi connectivity index (χ2n) is 4.36. The van der Waals surface area contributed by atoms with E-state index in [9.17, 15) is 9.59 Å². The van der Waals surface area contributed by atoms with E-state index in [4.69, 9.17) is 21.6 Å². The number of aryl methyl sites for hydroxylation is 1. The maximum atomic E-state index is 11.8. The maximum Gasteiger partial charge on any atom is 0.349 e. The lowest BCUT2D eigenvalue weighted by molar-refractivity contribution is -0.119. The Hall–Kier alpha value is -2.36. The SMILES string of the molecule is Cc1ccsc1C(=O)OCC(=O)Nc1cc(Cl)ccc1C#N. The Bertz CT molecular complexity index is 764. The molecule has 22 heavy (non-hydrogen) atoms. The van der Waals surface area contributed by atoms with Gasteiger partial charge in [0.2, 0.25) is 0 Å². The average Bonchev–Trinajstić information content (AvgIpc) is 2.91. The zero-order chi connectivity index (χ0) is 16.1. The predicted octanol–water partition coefficient (Wildman–Crippen LogP) is 3.38. The van der Waals surface area contributed by atoms with E-state index in [0.717, 1.165) is 5.56 Å². The number of nitrogens with one attached hydrogen (secondary N) is 1. The Morgan fingerprint density at radius 2 is 2.18 bits per heavy atom. The van der Waals surface area contributed by atoms with Crippen LogP contribution in [0.5, 0.6) is 0 Å². The Morgan fingerprint density at radius 3 is 2.82 bits per heavy atom. The van der Waals surface area contributed by atoms with E-state index in [0.29, 0.717) is 9.90 Å². The van der Waals surface area contributed by atoms with Crippen LogP contribution in [0.2, 0.25) is 5.02 Å². The molecule has 0 spiro atoms. The van der Waals surface area contributed by atoms with Gasteiger partial charge < -0.3 is 10.1 Å². The van der Waals surface area contributed by atoms with Crippen LogP contribution in [-0.4, -0.2) is 18.5 Å². The van der Waals surface area contributed by atoms with Crippen molar-refractivity contribution < 1.29 is 14.3 Å². The summed E-state index contributed by atoms with van der Waals surface area (Å²) in [5.74, 6) is -1.09. The van der Waals surface area contributed by atoms with Gasteiger partial charge in [0.1, 0.15) is 10.9 Å². The van der Waals surface area contributed by atoms with Crippen molar-refractivity contribution in [3.63, 3.8) is 0 Å². The van der Waals surface area contributed by atoms with Crippen molar-refractivity contribution in [3.05, 3.63) is 50.7 Å².